The zero-order valence-corrected chi connectivity index (χ0v) is 17.7. The molecule has 0 atom stereocenters. The summed E-state index contributed by atoms with van der Waals surface area (Å²) in [5.41, 5.74) is 3.80. The van der Waals surface area contributed by atoms with E-state index in [0.29, 0.717) is 23.6 Å². The van der Waals surface area contributed by atoms with Crippen molar-refractivity contribution in [3.63, 3.8) is 0 Å². The summed E-state index contributed by atoms with van der Waals surface area (Å²) in [7, 11) is 0. The summed E-state index contributed by atoms with van der Waals surface area (Å²) >= 11 is 0. The summed E-state index contributed by atoms with van der Waals surface area (Å²) < 4.78 is 0. The largest absolute Gasteiger partial charge is 0.352 e. The Hall–Kier alpha value is -2.69. The smallest absolute Gasteiger partial charge is 0.257 e. The molecule has 2 aromatic rings. The lowest BCUT2D eigenvalue weighted by Crippen LogP contribution is -2.27. The predicted molar refractivity (Wildman–Crippen MR) is 114 cm³/mol. The molecule has 2 amide bonds. The van der Waals surface area contributed by atoms with Crippen LogP contribution in [0.2, 0.25) is 0 Å². The quantitative estimate of drug-likeness (QED) is 0.711. The summed E-state index contributed by atoms with van der Waals surface area (Å²) in [5.74, 6) is 0.424. The number of nitrogens with one attached hydrogen (secondary N) is 2. The van der Waals surface area contributed by atoms with Crippen LogP contribution in [0.1, 0.15) is 85.2 Å². The van der Waals surface area contributed by atoms with E-state index in [-0.39, 0.29) is 23.7 Å². The fraction of sp³-hybridized carbons (Fsp3) is 0.435. The molecule has 5 nitrogen and oxygen atoms in total. The molecule has 0 aliphatic heterocycles. The first-order chi connectivity index (χ1) is 13.2. The van der Waals surface area contributed by atoms with Crippen molar-refractivity contribution in [1.29, 1.82) is 0 Å². The van der Waals surface area contributed by atoms with Gasteiger partial charge >= 0.3 is 0 Å². The summed E-state index contributed by atoms with van der Waals surface area (Å²) in [6.07, 6.45) is 2.97. The van der Waals surface area contributed by atoms with Gasteiger partial charge in [0.25, 0.3) is 11.8 Å². The molecule has 0 saturated carbocycles. The fourth-order valence-corrected chi connectivity index (χ4v) is 2.97. The van der Waals surface area contributed by atoms with Gasteiger partial charge < -0.3 is 10.6 Å². The number of hydrogen-bond acceptors (Lipinski definition) is 3. The predicted octanol–water partition coefficient (Wildman–Crippen LogP) is 4.97. The van der Waals surface area contributed by atoms with E-state index in [1.54, 1.807) is 6.07 Å². The highest BCUT2D eigenvalue weighted by atomic mass is 16.2. The van der Waals surface area contributed by atoms with Crippen molar-refractivity contribution >= 4 is 17.5 Å². The summed E-state index contributed by atoms with van der Waals surface area (Å²) in [5, 5.41) is 5.92. The molecule has 0 aliphatic carbocycles. The number of aromatic nitrogens is 1. The van der Waals surface area contributed by atoms with Crippen molar-refractivity contribution in [2.75, 3.05) is 11.9 Å². The second kappa shape index (κ2) is 9.49. The lowest BCUT2D eigenvalue weighted by Gasteiger charge is -2.20. The molecule has 1 aromatic carbocycles. The number of rotatable bonds is 7. The molecule has 2 rings (SSSR count). The molecule has 2 N–H and O–H groups in total. The average Bonchev–Trinajstić information content (AvgIpc) is 2.65. The van der Waals surface area contributed by atoms with E-state index < -0.39 is 0 Å². The van der Waals surface area contributed by atoms with Crippen molar-refractivity contribution in [2.45, 2.75) is 53.4 Å². The third-order valence-corrected chi connectivity index (χ3v) is 4.54. The Kier molecular flexibility index (Phi) is 7.32. The minimum atomic E-state index is -0.263. The van der Waals surface area contributed by atoms with Crippen molar-refractivity contribution in [3.05, 3.63) is 58.9 Å². The molecule has 1 aromatic heterocycles. The third-order valence-electron chi connectivity index (χ3n) is 4.54. The van der Waals surface area contributed by atoms with E-state index in [1.807, 2.05) is 32.0 Å². The van der Waals surface area contributed by atoms with Crippen LogP contribution < -0.4 is 10.6 Å². The molecule has 0 aliphatic rings. The van der Waals surface area contributed by atoms with Crippen LogP contribution in [0, 0.1) is 5.92 Å². The van der Waals surface area contributed by atoms with Gasteiger partial charge in [0.2, 0.25) is 0 Å². The number of benzene rings is 1. The monoisotopic (exact) mass is 381 g/mol. The molecule has 1 heterocycles. The first-order valence-corrected chi connectivity index (χ1v) is 9.88. The second-order valence-corrected chi connectivity index (χ2v) is 8.14. The van der Waals surface area contributed by atoms with Gasteiger partial charge in [-0.25, -0.2) is 0 Å². The molecule has 0 radical (unpaired) electrons. The van der Waals surface area contributed by atoms with Gasteiger partial charge in [-0.2, -0.15) is 0 Å². The van der Waals surface area contributed by atoms with Crippen LogP contribution in [0.15, 0.2) is 36.7 Å². The van der Waals surface area contributed by atoms with E-state index in [0.717, 1.165) is 16.8 Å². The van der Waals surface area contributed by atoms with Crippen molar-refractivity contribution < 1.29 is 9.59 Å². The summed E-state index contributed by atoms with van der Waals surface area (Å²) in [4.78, 5) is 29.3. The first-order valence-electron chi connectivity index (χ1n) is 9.88. The number of nitrogens with zero attached hydrogens (tertiary/aromatic N) is 1. The fourth-order valence-electron chi connectivity index (χ4n) is 2.97. The number of anilines is 1. The van der Waals surface area contributed by atoms with Crippen LogP contribution in [-0.4, -0.2) is 23.3 Å². The van der Waals surface area contributed by atoms with Gasteiger partial charge in [0.05, 0.1) is 11.1 Å². The summed E-state index contributed by atoms with van der Waals surface area (Å²) in [6, 6.07) is 7.70. The van der Waals surface area contributed by atoms with Gasteiger partial charge in [-0.15, -0.1) is 0 Å². The number of para-hydroxylation sites is 1. The van der Waals surface area contributed by atoms with Crippen LogP contribution in [0.25, 0.3) is 0 Å². The zero-order valence-electron chi connectivity index (χ0n) is 17.7. The normalized spacial score (nSPS) is 11.2. The first kappa shape index (κ1) is 21.6. The minimum Gasteiger partial charge on any atom is -0.352 e. The van der Waals surface area contributed by atoms with E-state index in [1.165, 1.54) is 12.4 Å². The van der Waals surface area contributed by atoms with Crippen molar-refractivity contribution in [2.24, 2.45) is 5.92 Å². The number of amides is 2. The lowest BCUT2D eigenvalue weighted by atomic mass is 9.92. The van der Waals surface area contributed by atoms with Crippen LogP contribution in [0.4, 0.5) is 5.69 Å². The topological polar surface area (TPSA) is 71.1 Å². The lowest BCUT2D eigenvalue weighted by molar-refractivity contribution is 0.0948. The molecule has 0 fully saturated rings. The highest BCUT2D eigenvalue weighted by Gasteiger charge is 2.18. The van der Waals surface area contributed by atoms with Crippen LogP contribution in [0.5, 0.6) is 0 Å². The highest BCUT2D eigenvalue weighted by molar-refractivity contribution is 6.06. The highest BCUT2D eigenvalue weighted by Crippen LogP contribution is 2.32. The van der Waals surface area contributed by atoms with Crippen LogP contribution in [-0.2, 0) is 0 Å². The maximum atomic E-state index is 12.9. The Labute approximate surface area is 168 Å². The van der Waals surface area contributed by atoms with Crippen molar-refractivity contribution in [3.8, 4) is 0 Å². The Morgan fingerprint density at radius 3 is 1.93 bits per heavy atom. The Morgan fingerprint density at radius 2 is 1.43 bits per heavy atom. The number of hydrogen-bond donors (Lipinski definition) is 2. The van der Waals surface area contributed by atoms with Gasteiger partial charge in [0.1, 0.15) is 0 Å². The Bertz CT molecular complexity index is 815. The summed E-state index contributed by atoms with van der Waals surface area (Å²) in [6.45, 7) is 13.1. The van der Waals surface area contributed by atoms with E-state index in [9.17, 15) is 9.59 Å². The van der Waals surface area contributed by atoms with Crippen molar-refractivity contribution in [1.82, 2.24) is 10.3 Å². The Balaban J connectivity index is 2.29. The average molecular weight is 382 g/mol. The number of pyridine rings is 1. The van der Waals surface area contributed by atoms with E-state index in [2.05, 4.69) is 43.3 Å². The molecule has 0 spiro atoms. The van der Waals surface area contributed by atoms with E-state index >= 15 is 0 Å². The van der Waals surface area contributed by atoms with Crippen LogP contribution in [0.3, 0.4) is 0 Å². The zero-order chi connectivity index (χ0) is 20.8. The van der Waals surface area contributed by atoms with Crippen LogP contribution >= 0.6 is 0 Å². The van der Waals surface area contributed by atoms with Gasteiger partial charge in [-0.1, -0.05) is 59.7 Å². The van der Waals surface area contributed by atoms with Gasteiger partial charge in [-0.05, 0) is 34.9 Å². The molecular formula is C23H31N3O2. The van der Waals surface area contributed by atoms with Gasteiger partial charge in [-0.3, -0.25) is 14.6 Å². The minimum absolute atomic E-state index is 0.221. The van der Waals surface area contributed by atoms with Gasteiger partial charge in [0.15, 0.2) is 0 Å². The maximum absolute atomic E-state index is 12.9. The standard InChI is InChI=1S/C23H31N3O2/c1-14(2)11-25-22(27)17-10-18(13-24-12-17)23(28)26-21-19(15(3)4)8-7-9-20(21)16(5)6/h7-10,12-16H,11H2,1-6H3,(H,25,27)(H,26,28). The van der Waals surface area contributed by atoms with E-state index in [4.69, 9.17) is 0 Å². The molecule has 0 unspecified atom stereocenters. The SMILES string of the molecule is CC(C)CNC(=O)c1cncc(C(=O)Nc2c(C(C)C)cccc2C(C)C)c1. The third kappa shape index (κ3) is 5.41. The van der Waals surface area contributed by atoms with Gasteiger partial charge in [0, 0.05) is 24.6 Å². The Morgan fingerprint density at radius 1 is 0.893 bits per heavy atom. The molecule has 150 valence electrons. The number of carbonyl (C=O) groups excluding carboxylic acids is 2. The number of carbonyl (C=O) groups is 2. The molecule has 5 heteroatoms. The second-order valence-electron chi connectivity index (χ2n) is 8.14. The molecule has 0 bridgehead atoms. The maximum Gasteiger partial charge on any atom is 0.257 e. The molecular weight excluding hydrogens is 350 g/mol. The molecule has 0 saturated heterocycles. The molecule has 28 heavy (non-hydrogen) atoms.